The minimum atomic E-state index is 0.0347. The van der Waals surface area contributed by atoms with Gasteiger partial charge < -0.3 is 9.80 Å². The molecular formula is C21H20N2OS2. The van der Waals surface area contributed by atoms with E-state index in [9.17, 15) is 4.79 Å². The summed E-state index contributed by atoms with van der Waals surface area (Å²) < 4.78 is 0. The van der Waals surface area contributed by atoms with Crippen molar-refractivity contribution in [2.24, 2.45) is 0 Å². The molecule has 2 aliphatic rings. The molecule has 3 nitrogen and oxygen atoms in total. The lowest BCUT2D eigenvalue weighted by Crippen LogP contribution is -2.18. The zero-order valence-corrected chi connectivity index (χ0v) is 16.4. The lowest BCUT2D eigenvalue weighted by molar-refractivity contribution is -0.110. The van der Waals surface area contributed by atoms with Gasteiger partial charge in [-0.25, -0.2) is 0 Å². The molecule has 4 rings (SSSR count). The fraction of sp³-hybridized carbons (Fsp3) is 0.190. The first kappa shape index (κ1) is 17.3. The molecule has 0 aliphatic carbocycles. The summed E-state index contributed by atoms with van der Waals surface area (Å²) in [7, 11) is 0. The Kier molecular flexibility index (Phi) is 4.83. The van der Waals surface area contributed by atoms with Crippen LogP contribution in [0.15, 0.2) is 80.5 Å². The van der Waals surface area contributed by atoms with Gasteiger partial charge in [-0.15, -0.1) is 0 Å². The van der Waals surface area contributed by atoms with Crippen molar-refractivity contribution in [2.75, 3.05) is 22.9 Å². The second-order valence-electron chi connectivity index (χ2n) is 6.00. The molecule has 0 saturated heterocycles. The number of benzene rings is 2. The SMILES string of the molecule is CCN1/C(=C\C(=O)/C=C2/Sc3ccccc3N2CC)Sc2ccccc21. The molecule has 0 amide bonds. The second kappa shape index (κ2) is 7.25. The summed E-state index contributed by atoms with van der Waals surface area (Å²) in [5, 5.41) is 2.00. The fourth-order valence-electron chi connectivity index (χ4n) is 3.26. The van der Waals surface area contributed by atoms with Gasteiger partial charge in [0.1, 0.15) is 0 Å². The van der Waals surface area contributed by atoms with E-state index in [0.717, 1.165) is 23.1 Å². The Bertz CT molecular complexity index is 846. The van der Waals surface area contributed by atoms with Crippen molar-refractivity contribution in [3.05, 3.63) is 70.7 Å². The van der Waals surface area contributed by atoms with Crippen molar-refractivity contribution in [1.82, 2.24) is 0 Å². The molecule has 0 bridgehead atoms. The number of para-hydroxylation sites is 2. The van der Waals surface area contributed by atoms with Crippen LogP contribution in [0.1, 0.15) is 13.8 Å². The number of carbonyl (C=O) groups is 1. The van der Waals surface area contributed by atoms with Crippen LogP contribution >= 0.6 is 23.5 Å². The van der Waals surface area contributed by atoms with E-state index < -0.39 is 0 Å². The van der Waals surface area contributed by atoms with E-state index >= 15 is 0 Å². The Hall–Kier alpha value is -2.11. The first-order valence-electron chi connectivity index (χ1n) is 8.77. The zero-order chi connectivity index (χ0) is 18.1. The van der Waals surface area contributed by atoms with E-state index in [2.05, 4.69) is 47.9 Å². The van der Waals surface area contributed by atoms with Gasteiger partial charge in [0.15, 0.2) is 5.78 Å². The first-order chi connectivity index (χ1) is 12.7. The molecule has 2 aromatic carbocycles. The van der Waals surface area contributed by atoms with Gasteiger partial charge in [-0.2, -0.15) is 0 Å². The van der Waals surface area contributed by atoms with Crippen molar-refractivity contribution in [3.63, 3.8) is 0 Å². The van der Waals surface area contributed by atoms with Crippen molar-refractivity contribution >= 4 is 40.7 Å². The van der Waals surface area contributed by atoms with Gasteiger partial charge in [0.25, 0.3) is 0 Å². The van der Waals surface area contributed by atoms with E-state index in [1.807, 2.05) is 24.3 Å². The van der Waals surface area contributed by atoms with E-state index in [0.29, 0.717) is 0 Å². The quantitative estimate of drug-likeness (QED) is 0.652. The summed E-state index contributed by atoms with van der Waals surface area (Å²) in [6.45, 7) is 5.92. The normalized spacial score (nSPS) is 18.5. The molecule has 0 unspecified atom stereocenters. The maximum Gasteiger partial charge on any atom is 0.183 e. The van der Waals surface area contributed by atoms with Crippen LogP contribution in [0, 0.1) is 0 Å². The number of nitrogens with zero attached hydrogens (tertiary/aromatic N) is 2. The number of hydrogen-bond donors (Lipinski definition) is 0. The third-order valence-corrected chi connectivity index (χ3v) is 6.66. The number of anilines is 2. The van der Waals surface area contributed by atoms with E-state index in [4.69, 9.17) is 0 Å². The highest BCUT2D eigenvalue weighted by molar-refractivity contribution is 8.04. The topological polar surface area (TPSA) is 23.6 Å². The van der Waals surface area contributed by atoms with E-state index in [1.165, 1.54) is 21.2 Å². The molecule has 5 heteroatoms. The molecule has 2 aromatic rings. The smallest absolute Gasteiger partial charge is 0.183 e. The van der Waals surface area contributed by atoms with Crippen molar-refractivity contribution in [3.8, 4) is 0 Å². The standard InChI is InChI=1S/C21H20N2OS2/c1-3-22-16-9-5-7-11-18(16)25-20(22)13-15(24)14-21-23(4-2)17-10-6-8-12-19(17)26-21/h5-14H,3-4H2,1-2H3/b20-13+,21-14+. The van der Waals surface area contributed by atoms with Crippen LogP contribution in [0.2, 0.25) is 0 Å². The highest BCUT2D eigenvalue weighted by Gasteiger charge is 2.26. The summed E-state index contributed by atoms with van der Waals surface area (Å²) in [5.74, 6) is 0.0347. The molecule has 0 spiro atoms. The molecule has 0 saturated carbocycles. The number of carbonyl (C=O) groups excluding carboxylic acids is 1. The molecule has 0 aromatic heterocycles. The van der Waals surface area contributed by atoms with Crippen LogP contribution in [-0.2, 0) is 4.79 Å². The summed E-state index contributed by atoms with van der Waals surface area (Å²) in [5.41, 5.74) is 2.37. The van der Waals surface area contributed by atoms with E-state index in [1.54, 1.807) is 35.7 Å². The number of thioether (sulfide) groups is 2. The Balaban J connectivity index is 1.60. The molecular weight excluding hydrogens is 360 g/mol. The maximum absolute atomic E-state index is 12.7. The van der Waals surface area contributed by atoms with Crippen molar-refractivity contribution in [2.45, 2.75) is 23.6 Å². The summed E-state index contributed by atoms with van der Waals surface area (Å²) in [4.78, 5) is 19.6. The third-order valence-electron chi connectivity index (χ3n) is 4.44. The summed E-state index contributed by atoms with van der Waals surface area (Å²) in [6.07, 6.45) is 3.52. The molecule has 132 valence electrons. The van der Waals surface area contributed by atoms with Gasteiger partial charge in [-0.3, -0.25) is 4.79 Å². The Morgan fingerprint density at radius 2 is 1.23 bits per heavy atom. The number of hydrogen-bond acceptors (Lipinski definition) is 5. The average molecular weight is 381 g/mol. The zero-order valence-electron chi connectivity index (χ0n) is 14.8. The highest BCUT2D eigenvalue weighted by Crippen LogP contribution is 2.47. The Morgan fingerprint density at radius 3 is 1.65 bits per heavy atom. The van der Waals surface area contributed by atoms with Gasteiger partial charge >= 0.3 is 0 Å². The predicted octanol–water partition coefficient (Wildman–Crippen LogP) is 5.50. The Morgan fingerprint density at radius 1 is 0.808 bits per heavy atom. The van der Waals surface area contributed by atoms with Crippen molar-refractivity contribution < 1.29 is 4.79 Å². The first-order valence-corrected chi connectivity index (χ1v) is 10.4. The largest absolute Gasteiger partial charge is 0.335 e. The number of allylic oxidation sites excluding steroid dienone is 2. The van der Waals surface area contributed by atoms with Crippen LogP contribution in [0.4, 0.5) is 11.4 Å². The number of fused-ring (bicyclic) bond motifs is 2. The molecule has 0 radical (unpaired) electrons. The summed E-state index contributed by atoms with van der Waals surface area (Å²) in [6, 6.07) is 16.6. The highest BCUT2D eigenvalue weighted by atomic mass is 32.2. The molecule has 2 aliphatic heterocycles. The lowest BCUT2D eigenvalue weighted by Gasteiger charge is -2.18. The van der Waals surface area contributed by atoms with Gasteiger partial charge in [0, 0.05) is 35.0 Å². The average Bonchev–Trinajstić information content (AvgIpc) is 3.17. The molecule has 26 heavy (non-hydrogen) atoms. The van der Waals surface area contributed by atoms with Gasteiger partial charge in [-0.1, -0.05) is 47.8 Å². The maximum atomic E-state index is 12.7. The second-order valence-corrected chi connectivity index (χ2v) is 8.12. The van der Waals surface area contributed by atoms with Gasteiger partial charge in [0.2, 0.25) is 0 Å². The van der Waals surface area contributed by atoms with Gasteiger partial charge in [-0.05, 0) is 38.1 Å². The molecule has 0 atom stereocenters. The Labute approximate surface area is 162 Å². The molecule has 0 fully saturated rings. The van der Waals surface area contributed by atoms with E-state index in [-0.39, 0.29) is 5.78 Å². The lowest BCUT2D eigenvalue weighted by atomic mass is 10.2. The third kappa shape index (κ3) is 3.06. The minimum Gasteiger partial charge on any atom is -0.335 e. The van der Waals surface area contributed by atoms with Gasteiger partial charge in [0.05, 0.1) is 21.4 Å². The minimum absolute atomic E-state index is 0.0347. The van der Waals surface area contributed by atoms with Crippen LogP contribution in [0.5, 0.6) is 0 Å². The van der Waals surface area contributed by atoms with Crippen LogP contribution in [0.25, 0.3) is 0 Å². The van der Waals surface area contributed by atoms with Crippen LogP contribution in [0.3, 0.4) is 0 Å². The molecule has 2 heterocycles. The van der Waals surface area contributed by atoms with Crippen molar-refractivity contribution in [1.29, 1.82) is 0 Å². The van der Waals surface area contributed by atoms with Crippen LogP contribution in [-0.4, -0.2) is 18.9 Å². The summed E-state index contributed by atoms with van der Waals surface area (Å²) >= 11 is 3.33. The number of rotatable bonds is 4. The number of ketones is 1. The van der Waals surface area contributed by atoms with Crippen LogP contribution < -0.4 is 9.80 Å². The fourth-order valence-corrected chi connectivity index (χ4v) is 5.59. The predicted molar refractivity (Wildman–Crippen MR) is 112 cm³/mol. The molecule has 0 N–H and O–H groups in total. The monoisotopic (exact) mass is 380 g/mol.